The number of allylic oxidation sites excluding steroid dienone is 1. The molecule has 0 aliphatic rings. The molecule has 39 heavy (non-hydrogen) atoms. The van der Waals surface area contributed by atoms with Crippen LogP contribution in [0.5, 0.6) is 0 Å². The standard InChI is InChI=1S/C22H41F9O4Si4/c1-19(18-32)10-8-9-14-39(33-36(2,3)15-11-20(23,24)25,34-37(4,5)16-12-21(26,27)28)35-38(6,7)17-13-22(29,30)31/h8-17H2,1-7H3. The summed E-state index contributed by atoms with van der Waals surface area (Å²) >= 11 is 0. The van der Waals surface area contributed by atoms with Crippen LogP contribution in [0.25, 0.3) is 0 Å². The SMILES string of the molecule is CC(=C=O)CCCC[Si](O[Si](C)(C)CCC(F)(F)F)(O[Si](C)(C)CCC(F)(F)F)O[Si](C)(C)CCC(F)(F)F. The van der Waals surface area contributed by atoms with Gasteiger partial charge in [-0.05, 0) is 83.6 Å². The quantitative estimate of drug-likeness (QED) is 0.0680. The van der Waals surface area contributed by atoms with Crippen LogP contribution in [0.3, 0.4) is 0 Å². The molecule has 0 aromatic heterocycles. The zero-order valence-electron chi connectivity index (χ0n) is 23.6. The average Bonchev–Trinajstić information content (AvgIpc) is 2.70. The molecule has 0 amide bonds. The molecule has 0 heterocycles. The van der Waals surface area contributed by atoms with Gasteiger partial charge in [-0.25, -0.2) is 4.79 Å². The highest BCUT2D eigenvalue weighted by Crippen LogP contribution is 2.38. The molecule has 0 fully saturated rings. The van der Waals surface area contributed by atoms with Crippen molar-refractivity contribution < 1.29 is 56.7 Å². The molecule has 0 aliphatic carbocycles. The first-order valence-corrected chi connectivity index (χ1v) is 24.0. The highest BCUT2D eigenvalue weighted by Gasteiger charge is 2.53. The summed E-state index contributed by atoms with van der Waals surface area (Å²) in [6.45, 7) is 10.7. The largest absolute Gasteiger partial charge is 0.469 e. The molecule has 0 spiro atoms. The first kappa shape index (κ1) is 38.6. The minimum Gasteiger partial charge on any atom is -0.417 e. The van der Waals surface area contributed by atoms with Gasteiger partial charge in [0.1, 0.15) is 5.94 Å². The molecule has 0 saturated heterocycles. The second-order valence-corrected chi connectivity index (χ2v) is 28.1. The molecule has 0 radical (unpaired) electrons. The van der Waals surface area contributed by atoms with Crippen LogP contribution in [-0.4, -0.2) is 58.2 Å². The maximum absolute atomic E-state index is 13.0. The fraction of sp³-hybridized carbons (Fsp3) is 0.909. The van der Waals surface area contributed by atoms with E-state index in [0.29, 0.717) is 24.8 Å². The smallest absolute Gasteiger partial charge is 0.417 e. The van der Waals surface area contributed by atoms with E-state index in [1.807, 2.05) is 0 Å². The Hall–Kier alpha value is -0.432. The van der Waals surface area contributed by atoms with E-state index in [9.17, 15) is 44.3 Å². The van der Waals surface area contributed by atoms with Crippen LogP contribution >= 0.6 is 0 Å². The summed E-state index contributed by atoms with van der Waals surface area (Å²) in [6, 6.07) is -1.12. The lowest BCUT2D eigenvalue weighted by Gasteiger charge is -2.45. The number of hydrogen-bond acceptors (Lipinski definition) is 4. The zero-order valence-corrected chi connectivity index (χ0v) is 27.6. The molecule has 0 rings (SSSR count). The summed E-state index contributed by atoms with van der Waals surface area (Å²) < 4.78 is 136. The fourth-order valence-corrected chi connectivity index (χ4v) is 21.3. The van der Waals surface area contributed by atoms with E-state index in [1.54, 1.807) is 12.9 Å². The van der Waals surface area contributed by atoms with Gasteiger partial charge in [0, 0.05) is 30.9 Å². The Kier molecular flexibility index (Phi) is 14.5. The van der Waals surface area contributed by atoms with Crippen molar-refractivity contribution in [2.75, 3.05) is 0 Å². The normalized spacial score (nSPS) is 14.5. The third-order valence-electron chi connectivity index (χ3n) is 5.79. The molecule has 17 heteroatoms. The van der Waals surface area contributed by atoms with Crippen molar-refractivity contribution in [2.24, 2.45) is 0 Å². The van der Waals surface area contributed by atoms with E-state index in [4.69, 9.17) is 12.3 Å². The third-order valence-corrected chi connectivity index (χ3v) is 21.5. The van der Waals surface area contributed by atoms with Crippen molar-refractivity contribution in [3.05, 3.63) is 5.57 Å². The van der Waals surface area contributed by atoms with Crippen LogP contribution in [0.15, 0.2) is 5.57 Å². The minimum atomic E-state index is -4.47. The average molecular weight is 653 g/mol. The van der Waals surface area contributed by atoms with Crippen molar-refractivity contribution in [1.82, 2.24) is 0 Å². The Labute approximate surface area is 229 Å². The van der Waals surface area contributed by atoms with Gasteiger partial charge in [0.15, 0.2) is 25.0 Å². The first-order chi connectivity index (χ1) is 17.2. The van der Waals surface area contributed by atoms with Crippen LogP contribution in [0.2, 0.25) is 63.5 Å². The van der Waals surface area contributed by atoms with Crippen molar-refractivity contribution >= 4 is 39.7 Å². The highest BCUT2D eigenvalue weighted by molar-refractivity contribution is 6.90. The maximum Gasteiger partial charge on any atom is 0.469 e. The lowest BCUT2D eigenvalue weighted by Crippen LogP contribution is -2.62. The molecule has 0 bridgehead atoms. The molecular weight excluding hydrogens is 612 g/mol. The Balaban J connectivity index is 6.41. The lowest BCUT2D eigenvalue weighted by molar-refractivity contribution is -0.131. The van der Waals surface area contributed by atoms with E-state index in [2.05, 4.69) is 0 Å². The number of alkyl halides is 9. The predicted molar refractivity (Wildman–Crippen MR) is 141 cm³/mol. The van der Waals surface area contributed by atoms with Crippen molar-refractivity contribution in [3.63, 3.8) is 0 Å². The Bertz CT molecular complexity index is 728. The number of hydrogen-bond donors (Lipinski definition) is 0. The molecule has 0 N–H and O–H groups in total. The van der Waals surface area contributed by atoms with Crippen LogP contribution in [0.4, 0.5) is 39.5 Å². The van der Waals surface area contributed by atoms with Gasteiger partial charge in [0.05, 0.1) is 0 Å². The monoisotopic (exact) mass is 652 g/mol. The molecule has 0 atom stereocenters. The minimum absolute atomic E-state index is 0.00643. The molecule has 0 saturated carbocycles. The van der Waals surface area contributed by atoms with E-state index >= 15 is 0 Å². The molecular formula is C22H41F9O4Si4. The summed E-state index contributed by atoms with van der Waals surface area (Å²) in [4.78, 5) is 10.8. The Morgan fingerprint density at radius 2 is 0.897 bits per heavy atom. The van der Waals surface area contributed by atoms with Gasteiger partial charge in [0.2, 0.25) is 0 Å². The zero-order chi connectivity index (χ0) is 31.0. The summed E-state index contributed by atoms with van der Waals surface area (Å²) in [5.41, 5.74) is 0.421. The summed E-state index contributed by atoms with van der Waals surface area (Å²) in [5.74, 6) is 1.76. The van der Waals surface area contributed by atoms with Crippen molar-refractivity contribution in [1.29, 1.82) is 0 Å². The van der Waals surface area contributed by atoms with Gasteiger partial charge in [-0.3, -0.25) is 0 Å². The molecule has 0 unspecified atom stereocenters. The first-order valence-electron chi connectivity index (χ1n) is 12.7. The van der Waals surface area contributed by atoms with E-state index in [1.165, 1.54) is 39.3 Å². The van der Waals surface area contributed by atoms with Crippen LogP contribution in [-0.2, 0) is 17.1 Å². The topological polar surface area (TPSA) is 44.8 Å². The second-order valence-electron chi connectivity index (χ2n) is 11.7. The molecule has 232 valence electrons. The van der Waals surface area contributed by atoms with Crippen LogP contribution < -0.4 is 0 Å². The van der Waals surface area contributed by atoms with Crippen molar-refractivity contribution in [2.45, 2.75) is 127 Å². The summed E-state index contributed by atoms with van der Waals surface area (Å²) in [7, 11) is -13.8. The Morgan fingerprint density at radius 1 is 0.590 bits per heavy atom. The van der Waals surface area contributed by atoms with Gasteiger partial charge < -0.3 is 12.3 Å². The second kappa shape index (κ2) is 14.6. The van der Waals surface area contributed by atoms with Crippen LogP contribution in [0, 0.1) is 0 Å². The van der Waals surface area contributed by atoms with E-state index in [-0.39, 0.29) is 24.2 Å². The fourth-order valence-electron chi connectivity index (χ4n) is 3.74. The van der Waals surface area contributed by atoms with Crippen LogP contribution in [0.1, 0.15) is 45.4 Å². The number of rotatable bonds is 17. The van der Waals surface area contributed by atoms with Gasteiger partial charge in [-0.1, -0.05) is 0 Å². The number of unbranched alkanes of at least 4 members (excludes halogenated alkanes) is 1. The van der Waals surface area contributed by atoms with Gasteiger partial charge in [-0.2, -0.15) is 39.5 Å². The lowest BCUT2D eigenvalue weighted by atomic mass is 10.1. The summed E-state index contributed by atoms with van der Waals surface area (Å²) in [5, 5.41) is 0. The van der Waals surface area contributed by atoms with E-state index in [0.717, 1.165) is 0 Å². The molecule has 4 nitrogen and oxygen atoms in total. The molecule has 0 aromatic carbocycles. The third kappa shape index (κ3) is 20.1. The molecule has 0 aromatic rings. The van der Waals surface area contributed by atoms with E-state index < -0.39 is 71.5 Å². The van der Waals surface area contributed by atoms with Gasteiger partial charge in [-0.15, -0.1) is 0 Å². The predicted octanol–water partition coefficient (Wildman–Crippen LogP) is 9.40. The van der Waals surface area contributed by atoms with Gasteiger partial charge in [0.25, 0.3) is 0 Å². The molecule has 0 aliphatic heterocycles. The maximum atomic E-state index is 13.0. The van der Waals surface area contributed by atoms with Gasteiger partial charge >= 0.3 is 27.3 Å². The highest BCUT2D eigenvalue weighted by atomic mass is 28.5. The number of halogens is 9. The Morgan fingerprint density at radius 3 is 1.15 bits per heavy atom. The van der Waals surface area contributed by atoms with Crippen molar-refractivity contribution in [3.8, 4) is 0 Å². The number of carbonyl (C=O) groups excluding carboxylic acids is 1. The summed E-state index contributed by atoms with van der Waals surface area (Å²) in [6.07, 6.45) is -15.8.